The molecule has 3 N–H and O–H groups in total. The van der Waals surface area contributed by atoms with E-state index < -0.39 is 0 Å². The predicted octanol–water partition coefficient (Wildman–Crippen LogP) is 4.97. The maximum Gasteiger partial charge on any atom is 0.252 e. The number of halogens is 1. The number of rotatable bonds is 10. The summed E-state index contributed by atoms with van der Waals surface area (Å²) in [4.78, 5) is 12.8. The molecule has 2 aliphatic carbocycles. The number of hydrogen-bond acceptors (Lipinski definition) is 3. The Morgan fingerprint density at radius 1 is 1.17 bits per heavy atom. The smallest absolute Gasteiger partial charge is 0.252 e. The molecule has 3 rings (SSSR count). The third kappa shape index (κ3) is 6.97. The van der Waals surface area contributed by atoms with Crippen LogP contribution < -0.4 is 10.6 Å². The summed E-state index contributed by atoms with van der Waals surface area (Å²) in [6.45, 7) is 2.77. The first-order valence-corrected chi connectivity index (χ1v) is 11.4. The number of nitrogens with one attached hydrogen (secondary N) is 2. The molecule has 0 radical (unpaired) electrons. The van der Waals surface area contributed by atoms with Crippen molar-refractivity contribution in [2.24, 2.45) is 11.3 Å². The average molecular weight is 423 g/mol. The minimum absolute atomic E-state index is 0. The zero-order valence-electron chi connectivity index (χ0n) is 16.9. The Bertz CT molecular complexity index is 640. The molecule has 0 atom stereocenters. The second kappa shape index (κ2) is 11.9. The van der Waals surface area contributed by atoms with Gasteiger partial charge in [0.05, 0.1) is 10.6 Å². The second-order valence-electron chi connectivity index (χ2n) is 8.78. The van der Waals surface area contributed by atoms with Gasteiger partial charge in [-0.1, -0.05) is 50.8 Å². The van der Waals surface area contributed by atoms with E-state index in [1.807, 2.05) is 18.2 Å². The summed E-state index contributed by atoms with van der Waals surface area (Å²) in [6.07, 6.45) is 11.8. The molecule has 0 aliphatic heterocycles. The normalized spacial score (nSPS) is 23.3. The van der Waals surface area contributed by atoms with Crippen molar-refractivity contribution in [2.75, 3.05) is 26.2 Å². The highest BCUT2D eigenvalue weighted by Crippen LogP contribution is 2.48. The zero-order chi connectivity index (χ0) is 19.8. The molecule has 164 valence electrons. The number of hydrogen-bond donors (Lipinski definition) is 3. The molecule has 29 heavy (non-hydrogen) atoms. The van der Waals surface area contributed by atoms with Crippen LogP contribution in [0.4, 0.5) is 0 Å². The van der Waals surface area contributed by atoms with Crippen molar-refractivity contribution in [2.45, 2.75) is 71.6 Å². The van der Waals surface area contributed by atoms with E-state index >= 15 is 0 Å². The highest BCUT2D eigenvalue weighted by Gasteiger charge is 2.39. The maximum atomic E-state index is 12.8. The first-order valence-electron chi connectivity index (χ1n) is 11.0. The van der Waals surface area contributed by atoms with Crippen LogP contribution in [0.15, 0.2) is 18.2 Å². The third-order valence-electron chi connectivity index (χ3n) is 6.59. The SMILES string of the molecule is C.O=C(NCC12CCCC(CCC1)C2)c1cc(CCCNCCCO)ccc1Cl. The Labute approximate surface area is 181 Å². The standard InChI is InChI=1S/C23H35ClN2O2.CH4/c24-21-9-8-18(7-3-12-25-13-4-14-27)15-20(21)22(28)26-17-23-10-1-5-19(16-23)6-2-11-23;/h8-9,15,19,25,27H,1-7,10-14,16-17H2,(H,26,28);1H4. The van der Waals surface area contributed by atoms with Gasteiger partial charge in [0, 0.05) is 13.2 Å². The Kier molecular flexibility index (Phi) is 9.94. The Morgan fingerprint density at radius 3 is 2.62 bits per heavy atom. The molecule has 0 saturated heterocycles. The third-order valence-corrected chi connectivity index (χ3v) is 6.92. The fourth-order valence-electron chi connectivity index (χ4n) is 5.08. The summed E-state index contributed by atoms with van der Waals surface area (Å²) in [6, 6.07) is 5.81. The van der Waals surface area contributed by atoms with E-state index in [0.717, 1.165) is 50.4 Å². The highest BCUT2D eigenvalue weighted by molar-refractivity contribution is 6.33. The van der Waals surface area contributed by atoms with E-state index in [4.69, 9.17) is 16.7 Å². The molecule has 1 amide bonds. The van der Waals surface area contributed by atoms with Crippen LogP contribution in [0, 0.1) is 11.3 Å². The quantitative estimate of drug-likeness (QED) is 0.466. The number of amides is 1. The van der Waals surface area contributed by atoms with Crippen LogP contribution in [-0.4, -0.2) is 37.3 Å². The van der Waals surface area contributed by atoms with Crippen molar-refractivity contribution in [1.82, 2.24) is 10.6 Å². The number of benzene rings is 1. The van der Waals surface area contributed by atoms with Crippen molar-refractivity contribution >= 4 is 17.5 Å². The first-order chi connectivity index (χ1) is 13.6. The Balaban J connectivity index is 0.00000300. The van der Waals surface area contributed by atoms with Crippen LogP contribution in [0.5, 0.6) is 0 Å². The maximum absolute atomic E-state index is 12.8. The lowest BCUT2D eigenvalue weighted by atomic mass is 9.62. The molecule has 1 aromatic rings. The average Bonchev–Trinajstić information content (AvgIpc) is 2.70. The fourth-order valence-corrected chi connectivity index (χ4v) is 5.29. The van der Waals surface area contributed by atoms with Gasteiger partial charge < -0.3 is 15.7 Å². The molecule has 2 aliphatic rings. The van der Waals surface area contributed by atoms with Crippen molar-refractivity contribution < 1.29 is 9.90 Å². The number of carbonyl (C=O) groups is 1. The molecule has 1 aromatic carbocycles. The summed E-state index contributed by atoms with van der Waals surface area (Å²) >= 11 is 6.34. The first kappa shape index (κ1) is 24.2. The molecular weight excluding hydrogens is 384 g/mol. The molecule has 2 saturated carbocycles. The lowest BCUT2D eigenvalue weighted by Gasteiger charge is -2.45. The van der Waals surface area contributed by atoms with Crippen molar-refractivity contribution in [1.29, 1.82) is 0 Å². The lowest BCUT2D eigenvalue weighted by Crippen LogP contribution is -2.43. The van der Waals surface area contributed by atoms with Crippen molar-refractivity contribution in [3.8, 4) is 0 Å². The monoisotopic (exact) mass is 422 g/mol. The van der Waals surface area contributed by atoms with Gasteiger partial charge in [-0.05, 0) is 80.6 Å². The molecule has 0 unspecified atom stereocenters. The minimum atomic E-state index is -0.0324. The van der Waals surface area contributed by atoms with E-state index in [-0.39, 0.29) is 19.9 Å². The second-order valence-corrected chi connectivity index (χ2v) is 9.19. The van der Waals surface area contributed by atoms with E-state index in [1.54, 1.807) is 0 Å². The summed E-state index contributed by atoms with van der Waals surface area (Å²) in [5.74, 6) is 0.840. The van der Waals surface area contributed by atoms with Gasteiger partial charge in [0.15, 0.2) is 0 Å². The van der Waals surface area contributed by atoms with E-state index in [9.17, 15) is 4.79 Å². The molecule has 5 heteroatoms. The minimum Gasteiger partial charge on any atom is -0.396 e. The largest absolute Gasteiger partial charge is 0.396 e. The number of aliphatic hydroxyl groups is 1. The molecular formula is C24H39ClN2O2. The van der Waals surface area contributed by atoms with Crippen LogP contribution >= 0.6 is 11.6 Å². The van der Waals surface area contributed by atoms with Crippen LogP contribution in [0.2, 0.25) is 5.02 Å². The number of aryl methyl sites for hydroxylation is 1. The van der Waals surface area contributed by atoms with E-state index in [0.29, 0.717) is 16.0 Å². The molecule has 0 heterocycles. The summed E-state index contributed by atoms with van der Waals surface area (Å²) < 4.78 is 0. The molecule has 2 bridgehead atoms. The number of aliphatic hydroxyl groups excluding tert-OH is 1. The van der Waals surface area contributed by atoms with Crippen LogP contribution in [-0.2, 0) is 6.42 Å². The topological polar surface area (TPSA) is 61.4 Å². The molecule has 4 nitrogen and oxygen atoms in total. The van der Waals surface area contributed by atoms with Gasteiger partial charge >= 0.3 is 0 Å². The van der Waals surface area contributed by atoms with Gasteiger partial charge in [-0.15, -0.1) is 0 Å². The van der Waals surface area contributed by atoms with Gasteiger partial charge in [0.25, 0.3) is 5.91 Å². The van der Waals surface area contributed by atoms with E-state index in [1.165, 1.54) is 44.9 Å². The van der Waals surface area contributed by atoms with Crippen LogP contribution in [0.25, 0.3) is 0 Å². The van der Waals surface area contributed by atoms with Gasteiger partial charge in [-0.3, -0.25) is 4.79 Å². The van der Waals surface area contributed by atoms with Gasteiger partial charge in [-0.2, -0.15) is 0 Å². The fraction of sp³-hybridized carbons (Fsp3) is 0.708. The summed E-state index contributed by atoms with van der Waals surface area (Å²) in [5.41, 5.74) is 2.07. The molecule has 0 aromatic heterocycles. The predicted molar refractivity (Wildman–Crippen MR) is 122 cm³/mol. The molecule has 2 fully saturated rings. The Hall–Kier alpha value is -1.10. The van der Waals surface area contributed by atoms with E-state index in [2.05, 4.69) is 10.6 Å². The number of carbonyl (C=O) groups excluding carboxylic acids is 1. The lowest BCUT2D eigenvalue weighted by molar-refractivity contribution is 0.0682. The van der Waals surface area contributed by atoms with Gasteiger partial charge in [0.2, 0.25) is 0 Å². The van der Waals surface area contributed by atoms with Crippen molar-refractivity contribution in [3.63, 3.8) is 0 Å². The van der Waals surface area contributed by atoms with Crippen molar-refractivity contribution in [3.05, 3.63) is 34.3 Å². The summed E-state index contributed by atoms with van der Waals surface area (Å²) in [7, 11) is 0. The summed E-state index contributed by atoms with van der Waals surface area (Å²) in [5, 5.41) is 15.9. The van der Waals surface area contributed by atoms with Gasteiger partial charge in [-0.25, -0.2) is 0 Å². The van der Waals surface area contributed by atoms with Crippen LogP contribution in [0.3, 0.4) is 0 Å². The highest BCUT2D eigenvalue weighted by atomic mass is 35.5. The van der Waals surface area contributed by atoms with Gasteiger partial charge in [0.1, 0.15) is 0 Å². The number of fused-ring (bicyclic) bond motifs is 2. The zero-order valence-corrected chi connectivity index (χ0v) is 17.7. The molecule has 0 spiro atoms. The van der Waals surface area contributed by atoms with Crippen LogP contribution in [0.1, 0.15) is 81.1 Å². The Morgan fingerprint density at radius 2 is 1.90 bits per heavy atom.